The van der Waals surface area contributed by atoms with Gasteiger partial charge in [0.15, 0.2) is 11.2 Å². The minimum absolute atomic E-state index is 0.177. The van der Waals surface area contributed by atoms with Crippen molar-refractivity contribution in [3.63, 3.8) is 0 Å². The lowest BCUT2D eigenvalue weighted by molar-refractivity contribution is -0.124. The first-order valence-corrected chi connectivity index (χ1v) is 8.75. The van der Waals surface area contributed by atoms with Gasteiger partial charge >= 0.3 is 5.76 Å². The minimum atomic E-state index is -0.798. The first kappa shape index (κ1) is 17.7. The summed E-state index contributed by atoms with van der Waals surface area (Å²) in [4.78, 5) is 41.1. The molecule has 28 heavy (non-hydrogen) atoms. The third-order valence-corrected chi connectivity index (χ3v) is 4.53. The Kier molecular flexibility index (Phi) is 4.48. The second-order valence-electron chi connectivity index (χ2n) is 6.29. The zero-order valence-corrected chi connectivity index (χ0v) is 15.0. The molecule has 4 rings (SSSR count). The molecule has 0 spiro atoms. The van der Waals surface area contributed by atoms with Crippen LogP contribution < -0.4 is 16.6 Å². The standard InChI is InChI=1S/C19H17N5O4/c1-12(24-18(26)14-6-3-2-5-13(14)11-22-24)17(25)21-9-10-23-16-15(28-19(23)27)7-4-8-20-16/h2-8,11-12H,9-10H2,1H3,(H,21,25)/t12-/m1/s1. The Balaban J connectivity index is 1.48. The summed E-state index contributed by atoms with van der Waals surface area (Å²) in [5, 5.41) is 8.04. The molecular weight excluding hydrogens is 362 g/mol. The van der Waals surface area contributed by atoms with Crippen LogP contribution in [0.4, 0.5) is 0 Å². The summed E-state index contributed by atoms with van der Waals surface area (Å²) in [6.45, 7) is 1.97. The van der Waals surface area contributed by atoms with Gasteiger partial charge in [-0.1, -0.05) is 18.2 Å². The average Bonchev–Trinajstić information content (AvgIpc) is 3.03. The van der Waals surface area contributed by atoms with E-state index in [-0.39, 0.29) is 24.6 Å². The van der Waals surface area contributed by atoms with Gasteiger partial charge in [-0.15, -0.1) is 0 Å². The van der Waals surface area contributed by atoms with Crippen LogP contribution in [0.25, 0.3) is 22.0 Å². The molecule has 0 aliphatic rings. The van der Waals surface area contributed by atoms with Gasteiger partial charge in [-0.2, -0.15) is 5.10 Å². The van der Waals surface area contributed by atoms with E-state index in [1.165, 1.54) is 4.57 Å². The number of nitrogens with zero attached hydrogens (tertiary/aromatic N) is 4. The lowest BCUT2D eigenvalue weighted by Gasteiger charge is -2.14. The zero-order valence-electron chi connectivity index (χ0n) is 15.0. The zero-order chi connectivity index (χ0) is 19.7. The van der Waals surface area contributed by atoms with E-state index in [0.717, 1.165) is 10.1 Å². The number of pyridine rings is 1. The van der Waals surface area contributed by atoms with Crippen molar-refractivity contribution in [2.45, 2.75) is 19.5 Å². The fourth-order valence-electron chi connectivity index (χ4n) is 3.03. The molecule has 0 radical (unpaired) electrons. The van der Waals surface area contributed by atoms with Crippen molar-refractivity contribution in [3.8, 4) is 0 Å². The van der Waals surface area contributed by atoms with Crippen LogP contribution in [0.3, 0.4) is 0 Å². The lowest BCUT2D eigenvalue weighted by atomic mass is 10.2. The van der Waals surface area contributed by atoms with E-state index < -0.39 is 11.8 Å². The molecule has 9 nitrogen and oxygen atoms in total. The molecular formula is C19H17N5O4. The molecule has 4 aromatic rings. The Morgan fingerprint density at radius 1 is 1.21 bits per heavy atom. The molecule has 0 saturated heterocycles. The maximum atomic E-state index is 12.6. The van der Waals surface area contributed by atoms with Gasteiger partial charge in [0.05, 0.1) is 11.6 Å². The summed E-state index contributed by atoms with van der Waals surface area (Å²) in [7, 11) is 0. The summed E-state index contributed by atoms with van der Waals surface area (Å²) in [6.07, 6.45) is 3.12. The number of carbonyl (C=O) groups is 1. The lowest BCUT2D eigenvalue weighted by Crippen LogP contribution is -2.38. The molecule has 1 amide bonds. The minimum Gasteiger partial charge on any atom is -0.406 e. The summed E-state index contributed by atoms with van der Waals surface area (Å²) in [5.74, 6) is -0.915. The molecule has 0 bridgehead atoms. The van der Waals surface area contributed by atoms with Crippen molar-refractivity contribution in [1.29, 1.82) is 0 Å². The number of hydrogen-bond acceptors (Lipinski definition) is 6. The molecule has 1 N–H and O–H groups in total. The molecule has 0 aliphatic carbocycles. The highest BCUT2D eigenvalue weighted by Gasteiger charge is 2.18. The van der Waals surface area contributed by atoms with E-state index in [0.29, 0.717) is 16.6 Å². The van der Waals surface area contributed by atoms with Crippen molar-refractivity contribution in [2.24, 2.45) is 0 Å². The van der Waals surface area contributed by atoms with Crippen LogP contribution in [0.5, 0.6) is 0 Å². The summed E-state index contributed by atoms with van der Waals surface area (Å²) >= 11 is 0. The van der Waals surface area contributed by atoms with Crippen LogP contribution >= 0.6 is 0 Å². The molecule has 0 unspecified atom stereocenters. The van der Waals surface area contributed by atoms with Crippen LogP contribution in [-0.2, 0) is 11.3 Å². The summed E-state index contributed by atoms with van der Waals surface area (Å²) in [6, 6.07) is 9.60. The largest absolute Gasteiger partial charge is 0.421 e. The van der Waals surface area contributed by atoms with Gasteiger partial charge in [-0.05, 0) is 25.1 Å². The van der Waals surface area contributed by atoms with Crippen molar-refractivity contribution < 1.29 is 9.21 Å². The van der Waals surface area contributed by atoms with E-state index in [9.17, 15) is 14.4 Å². The van der Waals surface area contributed by atoms with Gasteiger partial charge < -0.3 is 9.73 Å². The Morgan fingerprint density at radius 3 is 2.89 bits per heavy atom. The Bertz CT molecular complexity index is 1290. The number of fused-ring (bicyclic) bond motifs is 2. The van der Waals surface area contributed by atoms with Crippen molar-refractivity contribution in [2.75, 3.05) is 6.54 Å². The SMILES string of the molecule is C[C@H](C(=O)NCCn1c(=O)oc2cccnc21)n1ncc2ccccc2c1=O. The number of hydrogen-bond donors (Lipinski definition) is 1. The normalized spacial score (nSPS) is 12.3. The van der Waals surface area contributed by atoms with Gasteiger partial charge in [0, 0.05) is 24.7 Å². The van der Waals surface area contributed by atoms with E-state index >= 15 is 0 Å². The topological polar surface area (TPSA) is 112 Å². The van der Waals surface area contributed by atoms with Crippen LogP contribution in [0.2, 0.25) is 0 Å². The van der Waals surface area contributed by atoms with Crippen molar-refractivity contribution >= 4 is 27.9 Å². The number of oxazole rings is 1. The van der Waals surface area contributed by atoms with Crippen LogP contribution in [-0.4, -0.2) is 31.8 Å². The molecule has 3 heterocycles. The number of aromatic nitrogens is 4. The molecule has 1 atom stereocenters. The molecule has 3 aromatic heterocycles. The van der Waals surface area contributed by atoms with Crippen molar-refractivity contribution in [1.82, 2.24) is 24.6 Å². The average molecular weight is 379 g/mol. The highest BCUT2D eigenvalue weighted by Crippen LogP contribution is 2.10. The highest BCUT2D eigenvalue weighted by atomic mass is 16.4. The van der Waals surface area contributed by atoms with E-state index in [2.05, 4.69) is 15.4 Å². The number of rotatable bonds is 5. The van der Waals surface area contributed by atoms with Gasteiger partial charge in [-0.3, -0.25) is 14.2 Å². The second kappa shape index (κ2) is 7.10. The van der Waals surface area contributed by atoms with Crippen molar-refractivity contribution in [3.05, 3.63) is 69.7 Å². The third-order valence-electron chi connectivity index (χ3n) is 4.53. The maximum Gasteiger partial charge on any atom is 0.421 e. The molecule has 1 aromatic carbocycles. The summed E-state index contributed by atoms with van der Waals surface area (Å²) < 4.78 is 7.61. The fraction of sp³-hybridized carbons (Fsp3) is 0.211. The quantitative estimate of drug-likeness (QED) is 0.555. The molecule has 0 saturated carbocycles. The molecule has 142 valence electrons. The molecule has 0 aliphatic heterocycles. The van der Waals surface area contributed by atoms with E-state index in [1.807, 2.05) is 6.07 Å². The third kappa shape index (κ3) is 3.07. The van der Waals surface area contributed by atoms with Gasteiger partial charge in [0.2, 0.25) is 5.91 Å². The predicted octanol–water partition coefficient (Wildman–Crippen LogP) is 1.08. The number of amides is 1. The monoisotopic (exact) mass is 379 g/mol. The van der Waals surface area contributed by atoms with E-state index in [1.54, 1.807) is 49.6 Å². The molecule has 0 fully saturated rings. The summed E-state index contributed by atoms with van der Waals surface area (Å²) in [5.41, 5.74) is 0.475. The number of benzene rings is 1. The van der Waals surface area contributed by atoms with Crippen LogP contribution in [0.1, 0.15) is 13.0 Å². The fourth-order valence-corrected chi connectivity index (χ4v) is 3.03. The molecule has 9 heteroatoms. The van der Waals surface area contributed by atoms with E-state index in [4.69, 9.17) is 4.42 Å². The van der Waals surface area contributed by atoms with Crippen LogP contribution in [0, 0.1) is 0 Å². The predicted molar refractivity (Wildman–Crippen MR) is 102 cm³/mol. The van der Waals surface area contributed by atoms with Crippen LogP contribution in [0.15, 0.2) is 62.8 Å². The highest BCUT2D eigenvalue weighted by molar-refractivity contribution is 5.82. The van der Waals surface area contributed by atoms with Gasteiger partial charge in [-0.25, -0.2) is 14.5 Å². The Morgan fingerprint density at radius 2 is 2.04 bits per heavy atom. The Labute approximate surface area is 158 Å². The first-order chi connectivity index (χ1) is 13.6. The maximum absolute atomic E-state index is 12.6. The number of nitrogens with one attached hydrogen (secondary N) is 1. The van der Waals surface area contributed by atoms with Gasteiger partial charge in [0.1, 0.15) is 6.04 Å². The second-order valence-corrected chi connectivity index (χ2v) is 6.29. The smallest absolute Gasteiger partial charge is 0.406 e. The Hall–Kier alpha value is -3.75. The van der Waals surface area contributed by atoms with Gasteiger partial charge in [0.25, 0.3) is 5.56 Å². The number of carbonyl (C=O) groups excluding carboxylic acids is 1. The first-order valence-electron chi connectivity index (χ1n) is 8.75.